The molecule has 2 rings (SSSR count). The maximum atomic E-state index is 12.4. The number of likely N-dealkylation sites (N-methyl/N-ethyl adjacent to an activating group) is 1. The molecule has 6 nitrogen and oxygen atoms in total. The van der Waals surface area contributed by atoms with E-state index in [0.29, 0.717) is 12.2 Å². The zero-order chi connectivity index (χ0) is 16.7. The zero-order valence-electron chi connectivity index (χ0n) is 13.9. The number of carbonyl (C=O) groups is 1. The molecule has 0 fully saturated rings. The van der Waals surface area contributed by atoms with Crippen LogP contribution in [-0.4, -0.2) is 52.7 Å². The molecule has 1 amide bonds. The van der Waals surface area contributed by atoms with Gasteiger partial charge in [-0.1, -0.05) is 0 Å². The van der Waals surface area contributed by atoms with Gasteiger partial charge >= 0.3 is 0 Å². The molecule has 0 aliphatic rings. The van der Waals surface area contributed by atoms with Crippen LogP contribution in [0.4, 0.5) is 5.82 Å². The van der Waals surface area contributed by atoms with Crippen molar-refractivity contribution in [3.8, 4) is 0 Å². The second-order valence-electron chi connectivity index (χ2n) is 5.28. The summed E-state index contributed by atoms with van der Waals surface area (Å²) < 4.78 is 0. The molecule has 0 aromatic carbocycles. The van der Waals surface area contributed by atoms with E-state index in [9.17, 15) is 4.79 Å². The normalized spacial score (nSPS) is 10.4. The van der Waals surface area contributed by atoms with Crippen molar-refractivity contribution in [3.63, 3.8) is 0 Å². The van der Waals surface area contributed by atoms with Crippen LogP contribution in [0.2, 0.25) is 0 Å². The fourth-order valence-electron chi connectivity index (χ4n) is 2.30. The number of rotatable bonds is 7. The summed E-state index contributed by atoms with van der Waals surface area (Å²) in [5.41, 5.74) is 1.53. The molecule has 0 bridgehead atoms. The maximum absolute atomic E-state index is 12.4. The lowest BCUT2D eigenvalue weighted by atomic mass is 10.2. The molecule has 0 unspecified atom stereocenters. The topological polar surface area (TPSA) is 62.2 Å². The summed E-state index contributed by atoms with van der Waals surface area (Å²) in [6.07, 6.45) is 4.30. The Morgan fingerprint density at radius 1 is 1.04 bits per heavy atom. The largest absolute Gasteiger partial charge is 0.356 e. The molecule has 0 saturated heterocycles. The van der Waals surface area contributed by atoms with E-state index in [1.165, 1.54) is 0 Å². The Hall–Kier alpha value is -2.50. The van der Waals surface area contributed by atoms with Gasteiger partial charge < -0.3 is 9.80 Å². The lowest BCUT2D eigenvalue weighted by Gasteiger charge is -2.20. The third-order valence-corrected chi connectivity index (χ3v) is 3.79. The van der Waals surface area contributed by atoms with Crippen molar-refractivity contribution in [2.75, 3.05) is 31.6 Å². The molecule has 0 saturated carbocycles. The highest BCUT2D eigenvalue weighted by Crippen LogP contribution is 2.10. The molecular formula is C17H23N5O. The molecule has 2 heterocycles. The smallest absolute Gasteiger partial charge is 0.274 e. The van der Waals surface area contributed by atoms with Crippen LogP contribution >= 0.6 is 0 Å². The van der Waals surface area contributed by atoms with Crippen molar-refractivity contribution in [2.24, 2.45) is 0 Å². The minimum absolute atomic E-state index is 0.113. The van der Waals surface area contributed by atoms with E-state index in [-0.39, 0.29) is 5.91 Å². The monoisotopic (exact) mass is 313 g/mol. The quantitative estimate of drug-likeness (QED) is 0.783. The fourth-order valence-corrected chi connectivity index (χ4v) is 2.30. The second kappa shape index (κ2) is 8.22. The summed E-state index contributed by atoms with van der Waals surface area (Å²) in [7, 11) is 1.78. The lowest BCUT2D eigenvalue weighted by molar-refractivity contribution is 0.0789. The minimum atomic E-state index is -0.113. The molecule has 122 valence electrons. The standard InChI is InChI=1S/C17H23N5O/c1-4-22(5-2)16-7-6-15(19-20-16)17(23)21(3)13-10-14-8-11-18-12-9-14/h6-9,11-12H,4-5,10,13H2,1-3H3. The summed E-state index contributed by atoms with van der Waals surface area (Å²) in [6, 6.07) is 7.50. The van der Waals surface area contributed by atoms with E-state index in [4.69, 9.17) is 0 Å². The number of anilines is 1. The molecule has 0 aliphatic heterocycles. The van der Waals surface area contributed by atoms with Crippen molar-refractivity contribution < 1.29 is 4.79 Å². The van der Waals surface area contributed by atoms with Gasteiger partial charge in [-0.15, -0.1) is 10.2 Å². The number of hydrogen-bond donors (Lipinski definition) is 0. The van der Waals surface area contributed by atoms with Gasteiger partial charge in [0.2, 0.25) is 0 Å². The Labute approximate surface area is 137 Å². The average molecular weight is 313 g/mol. The Balaban J connectivity index is 1.96. The van der Waals surface area contributed by atoms with Crippen molar-refractivity contribution in [2.45, 2.75) is 20.3 Å². The summed E-state index contributed by atoms with van der Waals surface area (Å²) in [6.45, 7) is 6.49. The van der Waals surface area contributed by atoms with Crippen LogP contribution in [0.3, 0.4) is 0 Å². The van der Waals surface area contributed by atoms with Gasteiger partial charge in [-0.05, 0) is 50.1 Å². The van der Waals surface area contributed by atoms with Crippen molar-refractivity contribution in [1.29, 1.82) is 0 Å². The maximum Gasteiger partial charge on any atom is 0.274 e. The van der Waals surface area contributed by atoms with Crippen molar-refractivity contribution >= 4 is 11.7 Å². The van der Waals surface area contributed by atoms with Gasteiger partial charge in [-0.2, -0.15) is 0 Å². The van der Waals surface area contributed by atoms with Crippen LogP contribution < -0.4 is 4.90 Å². The number of hydrogen-bond acceptors (Lipinski definition) is 5. The van der Waals surface area contributed by atoms with Crippen LogP contribution in [0.1, 0.15) is 29.9 Å². The molecule has 6 heteroatoms. The van der Waals surface area contributed by atoms with Gasteiger partial charge in [-0.3, -0.25) is 9.78 Å². The van der Waals surface area contributed by atoms with E-state index in [0.717, 1.165) is 30.9 Å². The van der Waals surface area contributed by atoms with E-state index >= 15 is 0 Å². The van der Waals surface area contributed by atoms with Crippen molar-refractivity contribution in [3.05, 3.63) is 47.9 Å². The predicted octanol–water partition coefficient (Wildman–Crippen LogP) is 2.03. The third-order valence-electron chi connectivity index (χ3n) is 3.79. The van der Waals surface area contributed by atoms with E-state index in [1.807, 2.05) is 18.2 Å². The first-order valence-electron chi connectivity index (χ1n) is 7.88. The van der Waals surface area contributed by atoms with Crippen LogP contribution in [0.25, 0.3) is 0 Å². The van der Waals surface area contributed by atoms with E-state index in [1.54, 1.807) is 30.4 Å². The van der Waals surface area contributed by atoms with E-state index in [2.05, 4.69) is 33.9 Å². The summed E-state index contributed by atoms with van der Waals surface area (Å²) in [5.74, 6) is 0.684. The van der Waals surface area contributed by atoms with Gasteiger partial charge in [0, 0.05) is 39.1 Å². The first kappa shape index (κ1) is 16.9. The second-order valence-corrected chi connectivity index (χ2v) is 5.28. The summed E-state index contributed by atoms with van der Waals surface area (Å²) in [5, 5.41) is 8.24. The highest BCUT2D eigenvalue weighted by Gasteiger charge is 2.14. The highest BCUT2D eigenvalue weighted by molar-refractivity contribution is 5.92. The molecule has 0 spiro atoms. The first-order valence-corrected chi connectivity index (χ1v) is 7.88. The van der Waals surface area contributed by atoms with Gasteiger partial charge in [0.25, 0.3) is 5.91 Å². The fraction of sp³-hybridized carbons (Fsp3) is 0.412. The molecule has 0 N–H and O–H groups in total. The molecular weight excluding hydrogens is 290 g/mol. The summed E-state index contributed by atoms with van der Waals surface area (Å²) >= 11 is 0. The Morgan fingerprint density at radius 3 is 2.30 bits per heavy atom. The van der Waals surface area contributed by atoms with Crippen molar-refractivity contribution in [1.82, 2.24) is 20.1 Å². The van der Waals surface area contributed by atoms with Crippen LogP contribution in [0.15, 0.2) is 36.7 Å². The van der Waals surface area contributed by atoms with Gasteiger partial charge in [0.05, 0.1) is 0 Å². The molecule has 2 aromatic heterocycles. The van der Waals surface area contributed by atoms with Gasteiger partial charge in [-0.25, -0.2) is 0 Å². The average Bonchev–Trinajstić information content (AvgIpc) is 2.61. The molecule has 23 heavy (non-hydrogen) atoms. The number of aromatic nitrogens is 3. The van der Waals surface area contributed by atoms with Crippen LogP contribution in [0.5, 0.6) is 0 Å². The molecule has 0 aliphatic carbocycles. The minimum Gasteiger partial charge on any atom is -0.356 e. The van der Waals surface area contributed by atoms with Crippen LogP contribution in [-0.2, 0) is 6.42 Å². The number of pyridine rings is 1. The number of nitrogens with zero attached hydrogens (tertiary/aromatic N) is 5. The van der Waals surface area contributed by atoms with Crippen LogP contribution in [0, 0.1) is 0 Å². The summed E-state index contributed by atoms with van der Waals surface area (Å²) in [4.78, 5) is 20.1. The van der Waals surface area contributed by atoms with E-state index < -0.39 is 0 Å². The molecule has 0 atom stereocenters. The van der Waals surface area contributed by atoms with Gasteiger partial charge in [0.15, 0.2) is 11.5 Å². The Bertz CT molecular complexity index is 611. The highest BCUT2D eigenvalue weighted by atomic mass is 16.2. The lowest BCUT2D eigenvalue weighted by Crippen LogP contribution is -2.30. The number of amides is 1. The first-order chi connectivity index (χ1) is 11.2. The molecule has 0 radical (unpaired) electrons. The molecule has 2 aromatic rings. The third kappa shape index (κ3) is 4.48. The SMILES string of the molecule is CCN(CC)c1ccc(C(=O)N(C)CCc2ccncc2)nn1. The van der Waals surface area contributed by atoms with Gasteiger partial charge in [0.1, 0.15) is 0 Å². The zero-order valence-corrected chi connectivity index (χ0v) is 13.9. The Kier molecular flexibility index (Phi) is 6.02. The predicted molar refractivity (Wildman–Crippen MR) is 90.5 cm³/mol. The Morgan fingerprint density at radius 2 is 1.74 bits per heavy atom. The number of carbonyl (C=O) groups excluding carboxylic acids is 1.